The van der Waals surface area contributed by atoms with E-state index in [-0.39, 0.29) is 11.3 Å². The van der Waals surface area contributed by atoms with Crippen molar-refractivity contribution in [3.8, 4) is 0 Å². The summed E-state index contributed by atoms with van der Waals surface area (Å²) in [4.78, 5) is 13.5. The molecule has 15 heavy (non-hydrogen) atoms. The van der Waals surface area contributed by atoms with Gasteiger partial charge < -0.3 is 9.64 Å². The largest absolute Gasteiger partial charge is 0.385 e. The van der Waals surface area contributed by atoms with Gasteiger partial charge in [0, 0.05) is 26.8 Å². The zero-order valence-electron chi connectivity index (χ0n) is 9.54. The maximum absolute atomic E-state index is 11.6. The number of hydrogen-bond acceptors (Lipinski definition) is 2. The summed E-state index contributed by atoms with van der Waals surface area (Å²) < 4.78 is 5.06. The normalized spacial score (nSPS) is 20.3. The van der Waals surface area contributed by atoms with E-state index in [4.69, 9.17) is 16.3 Å². The predicted octanol–water partition coefficient (Wildman–Crippen LogP) is 1.89. The minimum atomic E-state index is -0.388. The number of methoxy groups -OCH3 is 1. The Morgan fingerprint density at radius 1 is 1.53 bits per heavy atom. The van der Waals surface area contributed by atoms with Crippen molar-refractivity contribution in [2.75, 3.05) is 26.8 Å². The zero-order valence-corrected chi connectivity index (χ0v) is 10.3. The molecule has 0 aromatic carbocycles. The van der Waals surface area contributed by atoms with Crippen LogP contribution in [0.3, 0.4) is 0 Å². The lowest BCUT2D eigenvalue weighted by molar-refractivity contribution is -0.131. The molecule has 0 radical (unpaired) electrons. The van der Waals surface area contributed by atoms with Gasteiger partial charge in [-0.2, -0.15) is 0 Å². The summed E-state index contributed by atoms with van der Waals surface area (Å²) in [5.74, 6) is 0.779. The van der Waals surface area contributed by atoms with E-state index in [2.05, 4.69) is 0 Å². The summed E-state index contributed by atoms with van der Waals surface area (Å²) in [6.45, 7) is 4.26. The molecule has 0 aromatic heterocycles. The Balaban J connectivity index is 2.26. The third-order valence-corrected chi connectivity index (χ3v) is 3.18. The number of likely N-dealkylation sites (tertiary alicyclic amines) is 1. The monoisotopic (exact) mass is 233 g/mol. The molecule has 0 spiro atoms. The highest BCUT2D eigenvalue weighted by molar-refractivity contribution is 6.30. The molecule has 0 N–H and O–H groups in total. The molecular formula is C11H20ClNO2. The standard InChI is InChI=1S/C11H20ClNO2/c1-9(12)11(14)13-6-3-10(4-7-13)5-8-15-2/h9-10H,3-8H2,1-2H3/t9-/m1/s1. The molecular weight excluding hydrogens is 214 g/mol. The van der Waals surface area contributed by atoms with Crippen molar-refractivity contribution in [2.24, 2.45) is 5.92 Å². The average molecular weight is 234 g/mol. The fourth-order valence-electron chi connectivity index (χ4n) is 1.98. The van der Waals surface area contributed by atoms with Gasteiger partial charge in [0.1, 0.15) is 5.38 Å². The Hall–Kier alpha value is -0.280. The molecule has 0 aliphatic carbocycles. The quantitative estimate of drug-likeness (QED) is 0.694. The summed E-state index contributed by atoms with van der Waals surface area (Å²) in [5, 5.41) is -0.388. The molecule has 1 aliphatic rings. The predicted molar refractivity (Wildman–Crippen MR) is 61.1 cm³/mol. The van der Waals surface area contributed by atoms with Crippen molar-refractivity contribution >= 4 is 17.5 Å². The van der Waals surface area contributed by atoms with Crippen LogP contribution >= 0.6 is 11.6 Å². The van der Waals surface area contributed by atoms with Crippen LogP contribution in [0.4, 0.5) is 0 Å². The first-order valence-corrected chi connectivity index (χ1v) is 6.00. The maximum atomic E-state index is 11.6. The van der Waals surface area contributed by atoms with E-state index in [0.29, 0.717) is 5.92 Å². The van der Waals surface area contributed by atoms with E-state index in [9.17, 15) is 4.79 Å². The second-order valence-electron chi connectivity index (χ2n) is 4.17. The van der Waals surface area contributed by atoms with Gasteiger partial charge >= 0.3 is 0 Å². The van der Waals surface area contributed by atoms with Crippen LogP contribution in [0.5, 0.6) is 0 Å². The average Bonchev–Trinajstić information content (AvgIpc) is 2.26. The Morgan fingerprint density at radius 3 is 2.60 bits per heavy atom. The second kappa shape index (κ2) is 6.33. The van der Waals surface area contributed by atoms with Crippen LogP contribution in [0.25, 0.3) is 0 Å². The van der Waals surface area contributed by atoms with Gasteiger partial charge in [0.25, 0.3) is 0 Å². The topological polar surface area (TPSA) is 29.5 Å². The molecule has 0 bridgehead atoms. The highest BCUT2D eigenvalue weighted by Crippen LogP contribution is 2.21. The molecule has 0 saturated carbocycles. The van der Waals surface area contributed by atoms with Crippen molar-refractivity contribution in [2.45, 2.75) is 31.6 Å². The number of amides is 1. The highest BCUT2D eigenvalue weighted by Gasteiger charge is 2.24. The first-order valence-electron chi connectivity index (χ1n) is 5.57. The lowest BCUT2D eigenvalue weighted by Gasteiger charge is -2.32. The summed E-state index contributed by atoms with van der Waals surface area (Å²) in [5.41, 5.74) is 0. The van der Waals surface area contributed by atoms with Crippen LogP contribution < -0.4 is 0 Å². The van der Waals surface area contributed by atoms with Gasteiger partial charge in [-0.25, -0.2) is 0 Å². The maximum Gasteiger partial charge on any atom is 0.240 e. The Labute approximate surface area is 96.7 Å². The Morgan fingerprint density at radius 2 is 2.13 bits per heavy atom. The molecule has 4 heteroatoms. The number of hydrogen-bond donors (Lipinski definition) is 0. The van der Waals surface area contributed by atoms with Gasteiger partial charge in [-0.3, -0.25) is 4.79 Å². The molecule has 1 aliphatic heterocycles. The zero-order chi connectivity index (χ0) is 11.3. The van der Waals surface area contributed by atoms with Crippen molar-refractivity contribution in [3.63, 3.8) is 0 Å². The lowest BCUT2D eigenvalue weighted by Crippen LogP contribution is -2.41. The third kappa shape index (κ3) is 3.99. The number of halogens is 1. The van der Waals surface area contributed by atoms with Crippen LogP contribution in [0.2, 0.25) is 0 Å². The van der Waals surface area contributed by atoms with Gasteiger partial charge in [-0.05, 0) is 32.1 Å². The number of ether oxygens (including phenoxy) is 1. The number of rotatable bonds is 4. The van der Waals surface area contributed by atoms with Crippen molar-refractivity contribution in [1.82, 2.24) is 4.90 Å². The van der Waals surface area contributed by atoms with E-state index in [1.807, 2.05) is 4.90 Å². The van der Waals surface area contributed by atoms with E-state index in [1.54, 1.807) is 14.0 Å². The molecule has 1 heterocycles. The van der Waals surface area contributed by atoms with Crippen molar-refractivity contribution < 1.29 is 9.53 Å². The summed E-state index contributed by atoms with van der Waals surface area (Å²) in [6, 6.07) is 0. The van der Waals surface area contributed by atoms with Gasteiger partial charge in [0.15, 0.2) is 0 Å². The van der Waals surface area contributed by atoms with Crippen molar-refractivity contribution in [1.29, 1.82) is 0 Å². The fourth-order valence-corrected chi connectivity index (χ4v) is 2.12. The number of alkyl halides is 1. The van der Waals surface area contributed by atoms with Crippen molar-refractivity contribution in [3.05, 3.63) is 0 Å². The molecule has 1 amide bonds. The Bertz CT molecular complexity index is 201. The SMILES string of the molecule is COCCC1CCN(C(=O)[C@@H](C)Cl)CC1. The van der Waals surface area contributed by atoms with Gasteiger partial charge in [-0.15, -0.1) is 11.6 Å². The first kappa shape index (κ1) is 12.8. The van der Waals surface area contributed by atoms with Gasteiger partial charge in [0.2, 0.25) is 5.91 Å². The number of carbonyl (C=O) groups excluding carboxylic acids is 1. The van der Waals surface area contributed by atoms with Gasteiger partial charge in [0.05, 0.1) is 0 Å². The molecule has 1 atom stereocenters. The number of piperidine rings is 1. The van der Waals surface area contributed by atoms with E-state index < -0.39 is 0 Å². The van der Waals surface area contributed by atoms with Crippen LogP contribution in [-0.2, 0) is 9.53 Å². The van der Waals surface area contributed by atoms with E-state index in [1.165, 1.54) is 0 Å². The summed E-state index contributed by atoms with van der Waals surface area (Å²) in [7, 11) is 1.73. The Kier molecular flexibility index (Phi) is 5.40. The third-order valence-electron chi connectivity index (χ3n) is 3.00. The molecule has 0 aromatic rings. The molecule has 1 rings (SSSR count). The highest BCUT2D eigenvalue weighted by atomic mass is 35.5. The molecule has 88 valence electrons. The number of nitrogens with zero attached hydrogens (tertiary/aromatic N) is 1. The summed E-state index contributed by atoms with van der Waals surface area (Å²) >= 11 is 5.77. The fraction of sp³-hybridized carbons (Fsp3) is 0.909. The van der Waals surface area contributed by atoms with Gasteiger partial charge in [-0.1, -0.05) is 0 Å². The van der Waals surface area contributed by atoms with Crippen LogP contribution in [-0.4, -0.2) is 43.0 Å². The summed E-state index contributed by atoms with van der Waals surface area (Å²) in [6.07, 6.45) is 3.27. The number of carbonyl (C=O) groups is 1. The van der Waals surface area contributed by atoms with E-state index >= 15 is 0 Å². The van der Waals surface area contributed by atoms with Crippen LogP contribution in [0.1, 0.15) is 26.2 Å². The minimum Gasteiger partial charge on any atom is -0.385 e. The molecule has 0 unspecified atom stereocenters. The van der Waals surface area contributed by atoms with Crippen LogP contribution in [0.15, 0.2) is 0 Å². The molecule has 3 nitrogen and oxygen atoms in total. The second-order valence-corrected chi connectivity index (χ2v) is 4.82. The van der Waals surface area contributed by atoms with E-state index in [0.717, 1.165) is 39.0 Å². The first-order chi connectivity index (χ1) is 7.15. The smallest absolute Gasteiger partial charge is 0.240 e. The lowest BCUT2D eigenvalue weighted by atomic mass is 9.94. The van der Waals surface area contributed by atoms with Crippen LogP contribution in [0, 0.1) is 5.92 Å². The minimum absolute atomic E-state index is 0.0712. The molecule has 1 fully saturated rings. The molecule has 1 saturated heterocycles.